The third-order valence-electron chi connectivity index (χ3n) is 2.93. The minimum Gasteiger partial charge on any atom is -0.755 e. The van der Waals surface area contributed by atoms with Gasteiger partial charge in [-0.3, -0.25) is 13.3 Å². The lowest BCUT2D eigenvalue weighted by Gasteiger charge is -2.25. The number of aromatic carboxylic acids is 1. The van der Waals surface area contributed by atoms with Gasteiger partial charge in [-0.2, -0.15) is 0 Å². The fourth-order valence-corrected chi connectivity index (χ4v) is 3.44. The van der Waals surface area contributed by atoms with Crippen LogP contribution in [0.3, 0.4) is 0 Å². The number of benzene rings is 1. The normalized spacial score (nSPS) is 11.4. The number of carbonyl (C=O) groups is 2. The van der Waals surface area contributed by atoms with Gasteiger partial charge in [0.05, 0.1) is 28.9 Å². The summed E-state index contributed by atoms with van der Waals surface area (Å²) in [5, 5.41) is 12.4. The van der Waals surface area contributed by atoms with E-state index in [1.807, 2.05) is 0 Å². The summed E-state index contributed by atoms with van der Waals surface area (Å²) in [5.74, 6) is -2.10. The minimum atomic E-state index is -2.77. The van der Waals surface area contributed by atoms with Crippen LogP contribution >= 0.6 is 11.3 Å². The van der Waals surface area contributed by atoms with E-state index >= 15 is 0 Å². The van der Waals surface area contributed by atoms with Crippen molar-refractivity contribution in [1.29, 1.82) is 0 Å². The number of amides is 1. The molecule has 1 atom stereocenters. The second-order valence-corrected chi connectivity index (χ2v) is 6.37. The SMILES string of the molecule is NC(N)=NNC(=O)Cc1ccc(N(c2scnc2C(=O)O)S(=O)[O-])cc1. The van der Waals surface area contributed by atoms with Gasteiger partial charge in [0.2, 0.25) is 11.9 Å². The highest BCUT2D eigenvalue weighted by molar-refractivity contribution is 7.81. The fraction of sp³-hybridized carbons (Fsp3) is 0.0769. The quantitative estimate of drug-likeness (QED) is 0.210. The summed E-state index contributed by atoms with van der Waals surface area (Å²) in [6, 6.07) is 5.91. The first-order chi connectivity index (χ1) is 12.3. The molecular formula is C13H13N6O5S2-. The molecule has 0 bridgehead atoms. The fourth-order valence-electron chi connectivity index (χ4n) is 1.90. The van der Waals surface area contributed by atoms with Crippen LogP contribution in [0.5, 0.6) is 0 Å². The van der Waals surface area contributed by atoms with Crippen LogP contribution in [-0.4, -0.2) is 36.7 Å². The first-order valence-electron chi connectivity index (χ1n) is 6.82. The average Bonchev–Trinajstić information content (AvgIpc) is 3.04. The van der Waals surface area contributed by atoms with Crippen molar-refractivity contribution in [2.75, 3.05) is 4.31 Å². The highest BCUT2D eigenvalue weighted by Gasteiger charge is 2.21. The number of nitrogens with one attached hydrogen (secondary N) is 1. The summed E-state index contributed by atoms with van der Waals surface area (Å²) in [7, 11) is 0. The Kier molecular flexibility index (Phi) is 6.21. The molecule has 13 heteroatoms. The van der Waals surface area contributed by atoms with Crippen molar-refractivity contribution in [3.63, 3.8) is 0 Å². The van der Waals surface area contributed by atoms with Gasteiger partial charge < -0.3 is 21.1 Å². The molecule has 2 aromatic rings. The van der Waals surface area contributed by atoms with Crippen molar-refractivity contribution in [2.45, 2.75) is 6.42 Å². The van der Waals surface area contributed by atoms with E-state index in [0.717, 1.165) is 15.6 Å². The Morgan fingerprint density at radius 1 is 1.35 bits per heavy atom. The largest absolute Gasteiger partial charge is 0.755 e. The lowest BCUT2D eigenvalue weighted by atomic mass is 10.1. The molecule has 138 valence electrons. The number of guanidine groups is 1. The summed E-state index contributed by atoms with van der Waals surface area (Å²) in [6.07, 6.45) is -0.0432. The molecule has 0 spiro atoms. The van der Waals surface area contributed by atoms with E-state index in [-0.39, 0.29) is 28.8 Å². The predicted molar refractivity (Wildman–Crippen MR) is 94.2 cm³/mol. The smallest absolute Gasteiger partial charge is 0.357 e. The molecule has 26 heavy (non-hydrogen) atoms. The number of carboxylic acid groups (broad SMARTS) is 1. The molecule has 0 fully saturated rings. The maximum atomic E-state index is 11.6. The van der Waals surface area contributed by atoms with Crippen molar-refractivity contribution < 1.29 is 23.5 Å². The first kappa shape index (κ1) is 19.3. The molecule has 1 unspecified atom stereocenters. The molecule has 0 aliphatic carbocycles. The molecule has 1 amide bonds. The van der Waals surface area contributed by atoms with Gasteiger partial charge in [-0.05, 0) is 17.7 Å². The van der Waals surface area contributed by atoms with Crippen molar-refractivity contribution in [1.82, 2.24) is 10.4 Å². The average molecular weight is 397 g/mol. The van der Waals surface area contributed by atoms with Gasteiger partial charge in [-0.1, -0.05) is 12.1 Å². The third kappa shape index (κ3) is 4.75. The predicted octanol–water partition coefficient (Wildman–Crippen LogP) is -0.379. The minimum absolute atomic E-state index is 0.0432. The number of thiazole rings is 1. The van der Waals surface area contributed by atoms with E-state index in [4.69, 9.17) is 16.6 Å². The zero-order chi connectivity index (χ0) is 19.3. The first-order valence-corrected chi connectivity index (χ1v) is 8.73. The summed E-state index contributed by atoms with van der Waals surface area (Å²) >= 11 is -1.90. The van der Waals surface area contributed by atoms with Crippen LogP contribution in [0.15, 0.2) is 34.9 Å². The van der Waals surface area contributed by atoms with Gasteiger partial charge in [-0.15, -0.1) is 16.4 Å². The van der Waals surface area contributed by atoms with E-state index in [1.54, 1.807) is 0 Å². The molecule has 0 saturated heterocycles. The Morgan fingerprint density at radius 3 is 2.54 bits per heavy atom. The summed E-state index contributed by atoms with van der Waals surface area (Å²) in [5.41, 5.74) is 14.0. The topological polar surface area (TPSA) is 187 Å². The molecule has 0 aliphatic heterocycles. The Hall–Kier alpha value is -3.03. The standard InChI is InChI=1S/C13H14N6O5S2/c14-13(15)18-17-9(20)5-7-1-3-8(4-2-7)19(26(23)24)11-10(12(21)22)16-6-25-11/h1-4,6H,5H2,(H,17,20)(H,21,22)(H,23,24)(H4,14,15,18)/p-1. The van der Waals surface area contributed by atoms with Crippen molar-refractivity contribution in [2.24, 2.45) is 16.6 Å². The molecule has 0 saturated carbocycles. The second kappa shape index (κ2) is 8.37. The number of rotatable bonds is 7. The van der Waals surface area contributed by atoms with E-state index in [1.165, 1.54) is 29.8 Å². The number of hydrogen-bond donors (Lipinski definition) is 4. The number of hydrogen-bond acceptors (Lipinski definition) is 7. The number of carboxylic acids is 1. The summed E-state index contributed by atoms with van der Waals surface area (Å²) in [4.78, 5) is 26.5. The zero-order valence-corrected chi connectivity index (χ0v) is 14.6. The van der Waals surface area contributed by atoms with Gasteiger partial charge in [0.15, 0.2) is 5.69 Å². The van der Waals surface area contributed by atoms with Gasteiger partial charge in [0.1, 0.15) is 5.00 Å². The van der Waals surface area contributed by atoms with Crippen LogP contribution in [0, 0.1) is 0 Å². The lowest BCUT2D eigenvalue weighted by Crippen LogP contribution is -2.29. The van der Waals surface area contributed by atoms with Crippen LogP contribution in [-0.2, 0) is 22.5 Å². The number of hydrazone groups is 1. The third-order valence-corrected chi connectivity index (χ3v) is 4.55. The molecule has 6 N–H and O–H groups in total. The monoisotopic (exact) mass is 397 g/mol. The molecule has 11 nitrogen and oxygen atoms in total. The zero-order valence-electron chi connectivity index (χ0n) is 13.0. The van der Waals surface area contributed by atoms with Gasteiger partial charge in [0, 0.05) is 0 Å². The van der Waals surface area contributed by atoms with Gasteiger partial charge in [0.25, 0.3) is 0 Å². The van der Waals surface area contributed by atoms with E-state index in [0.29, 0.717) is 5.56 Å². The Bertz CT molecular complexity index is 862. The van der Waals surface area contributed by atoms with Crippen LogP contribution in [0.1, 0.15) is 16.1 Å². The van der Waals surface area contributed by atoms with E-state index < -0.39 is 23.1 Å². The lowest BCUT2D eigenvalue weighted by molar-refractivity contribution is -0.120. The van der Waals surface area contributed by atoms with Crippen LogP contribution < -0.4 is 21.2 Å². The Balaban J connectivity index is 2.22. The second-order valence-electron chi connectivity index (χ2n) is 4.74. The van der Waals surface area contributed by atoms with Gasteiger partial charge >= 0.3 is 5.97 Å². The van der Waals surface area contributed by atoms with Crippen LogP contribution in [0.2, 0.25) is 0 Å². The molecule has 0 aliphatic rings. The Morgan fingerprint density at radius 2 is 2.00 bits per heavy atom. The maximum Gasteiger partial charge on any atom is 0.357 e. The van der Waals surface area contributed by atoms with Crippen molar-refractivity contribution in [3.8, 4) is 0 Å². The van der Waals surface area contributed by atoms with E-state index in [2.05, 4.69) is 15.5 Å². The van der Waals surface area contributed by atoms with E-state index in [9.17, 15) is 18.4 Å². The number of anilines is 2. The molecule has 0 radical (unpaired) electrons. The van der Waals surface area contributed by atoms with Gasteiger partial charge in [-0.25, -0.2) is 15.2 Å². The van der Waals surface area contributed by atoms with Crippen LogP contribution in [0.4, 0.5) is 10.7 Å². The number of carbonyl (C=O) groups excluding carboxylic acids is 1. The summed E-state index contributed by atoms with van der Waals surface area (Å²) < 4.78 is 24.0. The molecule has 1 aromatic heterocycles. The number of nitrogens with two attached hydrogens (primary N) is 2. The maximum absolute atomic E-state index is 11.6. The number of nitrogens with zero attached hydrogens (tertiary/aromatic N) is 3. The molecule has 1 aromatic carbocycles. The number of aromatic nitrogens is 1. The highest BCUT2D eigenvalue weighted by atomic mass is 32.2. The summed E-state index contributed by atoms with van der Waals surface area (Å²) in [6.45, 7) is 0. The van der Waals surface area contributed by atoms with Crippen molar-refractivity contribution >= 4 is 51.1 Å². The van der Waals surface area contributed by atoms with Crippen molar-refractivity contribution in [3.05, 3.63) is 41.0 Å². The molecule has 1 heterocycles. The van der Waals surface area contributed by atoms with Crippen LogP contribution in [0.25, 0.3) is 0 Å². The Labute approximate surface area is 153 Å². The highest BCUT2D eigenvalue weighted by Crippen LogP contribution is 2.33. The molecular weight excluding hydrogens is 384 g/mol. The molecule has 2 rings (SSSR count).